The summed E-state index contributed by atoms with van der Waals surface area (Å²) >= 11 is 0. The van der Waals surface area contributed by atoms with Gasteiger partial charge in [0.1, 0.15) is 17.4 Å². The van der Waals surface area contributed by atoms with Gasteiger partial charge in [-0.05, 0) is 25.8 Å². The molecule has 4 heteroatoms. The van der Waals surface area contributed by atoms with Crippen LogP contribution < -0.4 is 0 Å². The van der Waals surface area contributed by atoms with Gasteiger partial charge in [0, 0.05) is 11.6 Å². The quantitative estimate of drug-likeness (QED) is 0.859. The highest BCUT2D eigenvalue weighted by molar-refractivity contribution is 5.86. The maximum atomic E-state index is 13.4. The van der Waals surface area contributed by atoms with E-state index in [1.54, 1.807) is 0 Å². The summed E-state index contributed by atoms with van der Waals surface area (Å²) in [5, 5.41) is 9.97. The van der Waals surface area contributed by atoms with Gasteiger partial charge in [-0.2, -0.15) is 0 Å². The van der Waals surface area contributed by atoms with Crippen LogP contribution in [0.5, 0.6) is 0 Å². The van der Waals surface area contributed by atoms with E-state index < -0.39 is 23.2 Å². The summed E-state index contributed by atoms with van der Waals surface area (Å²) in [6, 6.07) is 2.99. The van der Waals surface area contributed by atoms with Crippen molar-refractivity contribution in [1.29, 1.82) is 0 Å². The van der Waals surface area contributed by atoms with Crippen LogP contribution in [0.1, 0.15) is 31.4 Å². The normalized spacial score (nSPS) is 19.2. The van der Waals surface area contributed by atoms with E-state index >= 15 is 0 Å². The molecule has 1 N–H and O–H groups in total. The topological polar surface area (TPSA) is 37.3 Å². The Morgan fingerprint density at radius 3 is 2.50 bits per heavy atom. The van der Waals surface area contributed by atoms with E-state index in [-0.39, 0.29) is 11.3 Å². The van der Waals surface area contributed by atoms with Gasteiger partial charge in [-0.1, -0.05) is 6.07 Å². The second-order valence-corrected chi connectivity index (χ2v) is 4.28. The highest BCUT2D eigenvalue weighted by Crippen LogP contribution is 2.55. The Balaban J connectivity index is 2.35. The largest absolute Gasteiger partial charge is 0.387 e. The average Bonchev–Trinajstić information content (AvgIpc) is 2.97. The predicted octanol–water partition coefficient (Wildman–Crippen LogP) is 2.37. The Morgan fingerprint density at radius 1 is 1.44 bits per heavy atom. The number of aliphatic hydroxyl groups is 1. The fourth-order valence-electron chi connectivity index (χ4n) is 1.97. The van der Waals surface area contributed by atoms with Crippen LogP contribution in [-0.4, -0.2) is 10.9 Å². The number of halogens is 2. The maximum absolute atomic E-state index is 13.4. The lowest BCUT2D eigenvalue weighted by Crippen LogP contribution is -2.22. The molecule has 1 aliphatic carbocycles. The highest BCUT2D eigenvalue weighted by Gasteiger charge is 2.54. The summed E-state index contributed by atoms with van der Waals surface area (Å²) in [6.07, 6.45) is -0.0636. The molecular formula is C12H12F2O2. The molecule has 0 bridgehead atoms. The fourth-order valence-corrected chi connectivity index (χ4v) is 1.97. The first-order chi connectivity index (χ1) is 7.47. The molecule has 16 heavy (non-hydrogen) atoms. The monoisotopic (exact) mass is 226 g/mol. The summed E-state index contributed by atoms with van der Waals surface area (Å²) in [4.78, 5) is 11.4. The molecule has 0 spiro atoms. The van der Waals surface area contributed by atoms with Crippen molar-refractivity contribution in [2.24, 2.45) is 5.41 Å². The Morgan fingerprint density at radius 2 is 2.06 bits per heavy atom. The first kappa shape index (κ1) is 11.2. The van der Waals surface area contributed by atoms with Crippen molar-refractivity contribution >= 4 is 5.78 Å². The van der Waals surface area contributed by atoms with E-state index in [1.807, 2.05) is 0 Å². The van der Waals surface area contributed by atoms with E-state index in [1.165, 1.54) is 13.0 Å². The van der Waals surface area contributed by atoms with Crippen LogP contribution in [0, 0.1) is 17.0 Å². The van der Waals surface area contributed by atoms with Gasteiger partial charge < -0.3 is 5.11 Å². The first-order valence-electron chi connectivity index (χ1n) is 5.11. The van der Waals surface area contributed by atoms with Gasteiger partial charge in [-0.15, -0.1) is 0 Å². The molecule has 0 radical (unpaired) electrons. The Kier molecular flexibility index (Phi) is 2.54. The minimum absolute atomic E-state index is 0.00546. The number of benzene rings is 1. The van der Waals surface area contributed by atoms with Gasteiger partial charge in [0.25, 0.3) is 0 Å². The summed E-state index contributed by atoms with van der Waals surface area (Å²) in [5.74, 6) is -1.65. The zero-order valence-corrected chi connectivity index (χ0v) is 8.84. The van der Waals surface area contributed by atoms with Crippen LogP contribution in [0.15, 0.2) is 18.2 Å². The van der Waals surface area contributed by atoms with Crippen molar-refractivity contribution in [2.45, 2.75) is 25.9 Å². The third-order valence-electron chi connectivity index (χ3n) is 3.27. The number of hydrogen-bond donors (Lipinski definition) is 1. The Labute approximate surface area is 91.9 Å². The molecule has 86 valence electrons. The molecule has 0 heterocycles. The van der Waals surface area contributed by atoms with Gasteiger partial charge in [0.15, 0.2) is 0 Å². The summed E-state index contributed by atoms with van der Waals surface area (Å²) in [7, 11) is 0. The van der Waals surface area contributed by atoms with Crippen molar-refractivity contribution in [1.82, 2.24) is 0 Å². The molecule has 0 aliphatic heterocycles. The number of Topliss-reactive ketones (excluding diaryl/α,β-unsaturated/α-hetero) is 1. The van der Waals surface area contributed by atoms with Crippen LogP contribution in [0.25, 0.3) is 0 Å². The summed E-state index contributed by atoms with van der Waals surface area (Å²) in [5.41, 5.74) is -0.854. The molecule has 0 amide bonds. The van der Waals surface area contributed by atoms with Crippen LogP contribution >= 0.6 is 0 Å². The smallest absolute Gasteiger partial charge is 0.138 e. The molecule has 1 aromatic rings. The minimum Gasteiger partial charge on any atom is -0.387 e. The average molecular weight is 226 g/mol. The van der Waals surface area contributed by atoms with Crippen molar-refractivity contribution in [2.75, 3.05) is 0 Å². The standard InChI is InChI=1S/C12H12F2O2/c1-7(15)12(4-5-12)11(16)9-3-2-8(13)6-10(9)14/h2-3,6,11,16H,4-5H2,1H3. The molecule has 2 nitrogen and oxygen atoms in total. The lowest BCUT2D eigenvalue weighted by Gasteiger charge is -2.20. The third kappa shape index (κ3) is 1.63. The summed E-state index contributed by atoms with van der Waals surface area (Å²) < 4.78 is 26.1. The molecular weight excluding hydrogens is 214 g/mol. The van der Waals surface area contributed by atoms with Crippen molar-refractivity contribution < 1.29 is 18.7 Å². The number of rotatable bonds is 3. The van der Waals surface area contributed by atoms with Crippen LogP contribution in [0.3, 0.4) is 0 Å². The summed E-state index contributed by atoms with van der Waals surface area (Å²) in [6.45, 7) is 1.39. The van der Waals surface area contributed by atoms with Crippen LogP contribution in [-0.2, 0) is 4.79 Å². The first-order valence-corrected chi connectivity index (χ1v) is 5.11. The van der Waals surface area contributed by atoms with Gasteiger partial charge in [0.05, 0.1) is 11.5 Å². The molecule has 1 aliphatic rings. The second kappa shape index (κ2) is 3.63. The molecule has 1 unspecified atom stereocenters. The lowest BCUT2D eigenvalue weighted by molar-refractivity contribution is -0.126. The van der Waals surface area contributed by atoms with E-state index in [0.717, 1.165) is 12.1 Å². The number of aliphatic hydroxyl groups excluding tert-OH is 1. The zero-order chi connectivity index (χ0) is 11.9. The van der Waals surface area contributed by atoms with Crippen molar-refractivity contribution in [3.63, 3.8) is 0 Å². The minimum atomic E-state index is -1.18. The van der Waals surface area contributed by atoms with Crippen LogP contribution in [0.4, 0.5) is 8.78 Å². The Bertz CT molecular complexity index is 439. The van der Waals surface area contributed by atoms with Crippen LogP contribution in [0.2, 0.25) is 0 Å². The molecule has 1 saturated carbocycles. The van der Waals surface area contributed by atoms with E-state index in [4.69, 9.17) is 0 Å². The number of hydrogen-bond acceptors (Lipinski definition) is 2. The SMILES string of the molecule is CC(=O)C1(C(O)c2ccc(F)cc2F)CC1. The molecule has 0 saturated heterocycles. The zero-order valence-electron chi connectivity index (χ0n) is 8.84. The fraction of sp³-hybridized carbons (Fsp3) is 0.417. The molecule has 0 aromatic heterocycles. The molecule has 2 rings (SSSR count). The van der Waals surface area contributed by atoms with E-state index in [0.29, 0.717) is 12.8 Å². The van der Waals surface area contributed by atoms with Gasteiger partial charge in [-0.3, -0.25) is 4.79 Å². The molecule has 1 atom stereocenters. The van der Waals surface area contributed by atoms with E-state index in [2.05, 4.69) is 0 Å². The maximum Gasteiger partial charge on any atom is 0.138 e. The number of ketones is 1. The second-order valence-electron chi connectivity index (χ2n) is 4.28. The third-order valence-corrected chi connectivity index (χ3v) is 3.27. The lowest BCUT2D eigenvalue weighted by atomic mass is 9.89. The molecule has 1 fully saturated rings. The molecule has 1 aromatic carbocycles. The van der Waals surface area contributed by atoms with Crippen molar-refractivity contribution in [3.05, 3.63) is 35.4 Å². The van der Waals surface area contributed by atoms with Gasteiger partial charge >= 0.3 is 0 Å². The van der Waals surface area contributed by atoms with Crippen molar-refractivity contribution in [3.8, 4) is 0 Å². The highest BCUT2D eigenvalue weighted by atomic mass is 19.1. The van der Waals surface area contributed by atoms with Gasteiger partial charge in [-0.25, -0.2) is 8.78 Å². The number of carbonyl (C=O) groups excluding carboxylic acids is 1. The number of carbonyl (C=O) groups is 1. The van der Waals surface area contributed by atoms with Gasteiger partial charge in [0.2, 0.25) is 0 Å². The Hall–Kier alpha value is -1.29. The predicted molar refractivity (Wildman–Crippen MR) is 53.7 cm³/mol. The van der Waals surface area contributed by atoms with E-state index in [9.17, 15) is 18.7 Å².